The van der Waals surface area contributed by atoms with Gasteiger partial charge in [0.1, 0.15) is 6.10 Å². The number of benzene rings is 1. The van der Waals surface area contributed by atoms with Crippen LogP contribution in [0.5, 0.6) is 0 Å². The first-order valence-electron chi connectivity index (χ1n) is 6.77. The Morgan fingerprint density at radius 1 is 1.14 bits per heavy atom. The third-order valence-corrected chi connectivity index (χ3v) is 4.28. The van der Waals surface area contributed by atoms with Crippen molar-refractivity contribution in [3.05, 3.63) is 30.3 Å². The molecular formula is C16H23NO4. The molecule has 1 amide bonds. The number of nitrogens with one attached hydrogen (secondary N) is 1. The van der Waals surface area contributed by atoms with Crippen LogP contribution in [0.1, 0.15) is 27.7 Å². The summed E-state index contributed by atoms with van der Waals surface area (Å²) in [6.07, 6.45) is -1.35. The van der Waals surface area contributed by atoms with Crippen LogP contribution in [0, 0.1) is 10.8 Å². The van der Waals surface area contributed by atoms with Crippen molar-refractivity contribution < 1.29 is 19.4 Å². The standard InChI is InChI=1S/C16H23NO4/c1-15(2,16(3,4)14(20)21-5)12(18)13(19)17-11-9-7-6-8-10-11/h6-10,12,18H,1-5H3,(H,17,19)/t12-/m1/s1. The number of carbonyl (C=O) groups is 2. The largest absolute Gasteiger partial charge is 0.469 e. The number of carbonyl (C=O) groups excluding carboxylic acids is 2. The summed E-state index contributed by atoms with van der Waals surface area (Å²) in [6.45, 7) is 6.63. The van der Waals surface area contributed by atoms with Crippen molar-refractivity contribution in [1.82, 2.24) is 0 Å². The number of esters is 1. The number of hydrogen-bond acceptors (Lipinski definition) is 4. The Hall–Kier alpha value is -1.88. The number of anilines is 1. The van der Waals surface area contributed by atoms with E-state index in [1.165, 1.54) is 7.11 Å². The van der Waals surface area contributed by atoms with Gasteiger partial charge in [0, 0.05) is 11.1 Å². The summed E-state index contributed by atoms with van der Waals surface area (Å²) in [5, 5.41) is 13.0. The smallest absolute Gasteiger partial charge is 0.311 e. The fourth-order valence-corrected chi connectivity index (χ4v) is 1.92. The minimum Gasteiger partial charge on any atom is -0.469 e. The summed E-state index contributed by atoms with van der Waals surface area (Å²) in [6, 6.07) is 8.85. The van der Waals surface area contributed by atoms with Crippen LogP contribution in [0.3, 0.4) is 0 Å². The summed E-state index contributed by atoms with van der Waals surface area (Å²) in [5.74, 6) is -1.03. The maximum Gasteiger partial charge on any atom is 0.311 e. The van der Waals surface area contributed by atoms with Crippen molar-refractivity contribution in [2.24, 2.45) is 10.8 Å². The molecule has 0 radical (unpaired) electrons. The number of methoxy groups -OCH3 is 1. The van der Waals surface area contributed by atoms with Crippen LogP contribution >= 0.6 is 0 Å². The van der Waals surface area contributed by atoms with E-state index >= 15 is 0 Å². The van der Waals surface area contributed by atoms with Crippen molar-refractivity contribution in [3.8, 4) is 0 Å². The predicted molar refractivity (Wildman–Crippen MR) is 80.7 cm³/mol. The van der Waals surface area contributed by atoms with Gasteiger partial charge in [0.2, 0.25) is 0 Å². The quantitative estimate of drug-likeness (QED) is 0.816. The van der Waals surface area contributed by atoms with Gasteiger partial charge in [-0.2, -0.15) is 0 Å². The third-order valence-electron chi connectivity index (χ3n) is 4.28. The molecular weight excluding hydrogens is 270 g/mol. The van der Waals surface area contributed by atoms with Crippen molar-refractivity contribution in [3.63, 3.8) is 0 Å². The molecule has 0 aliphatic heterocycles. The van der Waals surface area contributed by atoms with Crippen molar-refractivity contribution in [1.29, 1.82) is 0 Å². The van der Waals surface area contributed by atoms with E-state index in [0.29, 0.717) is 5.69 Å². The highest BCUT2D eigenvalue weighted by molar-refractivity contribution is 5.95. The predicted octanol–water partition coefficient (Wildman–Crippen LogP) is 2.21. The first-order chi connectivity index (χ1) is 9.64. The van der Waals surface area contributed by atoms with E-state index < -0.39 is 28.8 Å². The molecule has 1 atom stereocenters. The molecule has 0 bridgehead atoms. The van der Waals surface area contributed by atoms with Crippen molar-refractivity contribution in [2.45, 2.75) is 33.8 Å². The van der Waals surface area contributed by atoms with Gasteiger partial charge in [-0.3, -0.25) is 9.59 Å². The first-order valence-corrected chi connectivity index (χ1v) is 6.77. The average Bonchev–Trinajstić information content (AvgIpc) is 2.46. The Morgan fingerprint density at radius 3 is 2.14 bits per heavy atom. The molecule has 0 aromatic heterocycles. The highest BCUT2D eigenvalue weighted by Crippen LogP contribution is 2.42. The van der Waals surface area contributed by atoms with Gasteiger partial charge in [-0.1, -0.05) is 32.0 Å². The fourth-order valence-electron chi connectivity index (χ4n) is 1.92. The zero-order valence-corrected chi connectivity index (χ0v) is 13.1. The molecule has 2 N–H and O–H groups in total. The number of aliphatic hydroxyl groups excluding tert-OH is 1. The molecule has 1 aromatic carbocycles. The minimum atomic E-state index is -1.35. The molecule has 0 saturated heterocycles. The topological polar surface area (TPSA) is 75.6 Å². The van der Waals surface area contributed by atoms with E-state index in [4.69, 9.17) is 4.74 Å². The molecule has 0 heterocycles. The van der Waals surface area contributed by atoms with Gasteiger partial charge >= 0.3 is 5.97 Å². The zero-order valence-electron chi connectivity index (χ0n) is 13.1. The SMILES string of the molecule is COC(=O)C(C)(C)C(C)(C)[C@H](O)C(=O)Nc1ccccc1. The summed E-state index contributed by atoms with van der Waals surface area (Å²) < 4.78 is 4.77. The summed E-state index contributed by atoms with van der Waals surface area (Å²) >= 11 is 0. The average molecular weight is 293 g/mol. The van der Waals surface area contributed by atoms with E-state index in [1.54, 1.807) is 52.0 Å². The second-order valence-electron chi connectivity index (χ2n) is 6.10. The fraction of sp³-hybridized carbons (Fsp3) is 0.500. The van der Waals surface area contributed by atoms with E-state index in [9.17, 15) is 14.7 Å². The molecule has 116 valence electrons. The molecule has 5 nitrogen and oxygen atoms in total. The number of hydrogen-bond donors (Lipinski definition) is 2. The highest BCUT2D eigenvalue weighted by Gasteiger charge is 2.50. The first kappa shape index (κ1) is 17.2. The number of aliphatic hydroxyl groups is 1. The lowest BCUT2D eigenvalue weighted by atomic mass is 9.64. The lowest BCUT2D eigenvalue weighted by molar-refractivity contribution is -0.165. The molecule has 1 aromatic rings. The van der Waals surface area contributed by atoms with E-state index in [0.717, 1.165) is 0 Å². The lowest BCUT2D eigenvalue weighted by Crippen LogP contribution is -2.52. The van der Waals surface area contributed by atoms with Gasteiger partial charge in [0.15, 0.2) is 0 Å². The van der Waals surface area contributed by atoms with Crippen LogP contribution in [-0.4, -0.2) is 30.2 Å². The van der Waals surface area contributed by atoms with Crippen LogP contribution in [0.15, 0.2) is 30.3 Å². The third kappa shape index (κ3) is 3.42. The Labute approximate surface area is 125 Å². The lowest BCUT2D eigenvalue weighted by Gasteiger charge is -2.41. The van der Waals surface area contributed by atoms with Gasteiger partial charge in [0.25, 0.3) is 5.91 Å². The molecule has 1 rings (SSSR count). The zero-order chi connectivity index (χ0) is 16.3. The number of ether oxygens (including phenoxy) is 1. The van der Waals surface area contributed by atoms with Crippen LogP contribution < -0.4 is 5.32 Å². The molecule has 0 spiro atoms. The van der Waals surface area contributed by atoms with E-state index in [1.807, 2.05) is 6.07 Å². The molecule has 21 heavy (non-hydrogen) atoms. The number of rotatable bonds is 5. The Morgan fingerprint density at radius 2 is 1.67 bits per heavy atom. The normalized spacial score (nSPS) is 13.4. The Balaban J connectivity index is 2.92. The van der Waals surface area contributed by atoms with E-state index in [-0.39, 0.29) is 0 Å². The molecule has 0 fully saturated rings. The molecule has 0 aliphatic carbocycles. The summed E-state index contributed by atoms with van der Waals surface area (Å²) in [7, 11) is 1.29. The molecule has 0 aliphatic rings. The van der Waals surface area contributed by atoms with E-state index in [2.05, 4.69) is 5.32 Å². The molecule has 0 saturated carbocycles. The van der Waals surface area contributed by atoms with Gasteiger partial charge in [-0.05, 0) is 26.0 Å². The second kappa shape index (κ2) is 6.26. The maximum absolute atomic E-state index is 12.2. The number of amides is 1. The van der Waals surface area contributed by atoms with Gasteiger partial charge in [0.05, 0.1) is 12.5 Å². The van der Waals surface area contributed by atoms with Crippen molar-refractivity contribution >= 4 is 17.6 Å². The van der Waals surface area contributed by atoms with Crippen LogP contribution in [-0.2, 0) is 14.3 Å². The molecule has 0 unspecified atom stereocenters. The summed E-state index contributed by atoms with van der Waals surface area (Å²) in [5.41, 5.74) is -1.43. The maximum atomic E-state index is 12.2. The monoisotopic (exact) mass is 293 g/mol. The summed E-state index contributed by atoms with van der Waals surface area (Å²) in [4.78, 5) is 24.1. The van der Waals surface area contributed by atoms with Gasteiger partial charge in [-0.25, -0.2) is 0 Å². The van der Waals surface area contributed by atoms with Gasteiger partial charge < -0.3 is 15.2 Å². The minimum absolute atomic E-state index is 0.473. The van der Waals surface area contributed by atoms with Crippen LogP contribution in [0.4, 0.5) is 5.69 Å². The number of para-hydroxylation sites is 1. The Kier molecular flexibility index (Phi) is 5.12. The van der Waals surface area contributed by atoms with Crippen LogP contribution in [0.25, 0.3) is 0 Å². The van der Waals surface area contributed by atoms with Crippen molar-refractivity contribution in [2.75, 3.05) is 12.4 Å². The van der Waals surface area contributed by atoms with Gasteiger partial charge in [-0.15, -0.1) is 0 Å². The second-order valence-corrected chi connectivity index (χ2v) is 6.10. The molecule has 5 heteroatoms. The Bertz CT molecular complexity index is 508. The highest BCUT2D eigenvalue weighted by atomic mass is 16.5. The van der Waals surface area contributed by atoms with Crippen LogP contribution in [0.2, 0.25) is 0 Å².